The Morgan fingerprint density at radius 1 is 1.35 bits per heavy atom. The number of rotatable bonds is 5. The van der Waals surface area contributed by atoms with Crippen LogP contribution in [0.3, 0.4) is 0 Å². The van der Waals surface area contributed by atoms with Crippen LogP contribution in [0.1, 0.15) is 67.7 Å². The van der Waals surface area contributed by atoms with E-state index >= 15 is 0 Å². The first kappa shape index (κ1) is 22.7. The number of carbonyl (C=O) groups is 1. The monoisotopic (exact) mass is 401 g/mol. The maximum Gasteiger partial charge on any atom is 0.252 e. The summed E-state index contributed by atoms with van der Waals surface area (Å²) in [5.74, 6) is 0.419. The lowest BCUT2D eigenvalue weighted by molar-refractivity contribution is 0.0955. The molecule has 0 saturated heterocycles. The number of fused-ring (bicyclic) bond motifs is 1. The second kappa shape index (κ2) is 8.55. The second-order valence-corrected chi connectivity index (χ2v) is 7.63. The van der Waals surface area contributed by atoms with Crippen molar-refractivity contribution in [1.82, 2.24) is 20.1 Å². The number of nitrogens with zero attached hydrogens (tertiary/aromatic N) is 3. The Balaban J connectivity index is 0.00000169. The summed E-state index contributed by atoms with van der Waals surface area (Å²) in [5.41, 5.74) is 8.69. The number of aryl methyl sites for hydroxylation is 1. The molecular formula is C18H29Cl2N5O. The van der Waals surface area contributed by atoms with Crippen molar-refractivity contribution in [1.29, 1.82) is 0 Å². The van der Waals surface area contributed by atoms with Gasteiger partial charge in [-0.15, -0.1) is 24.8 Å². The van der Waals surface area contributed by atoms with Crippen LogP contribution in [0.15, 0.2) is 6.07 Å². The summed E-state index contributed by atoms with van der Waals surface area (Å²) in [4.78, 5) is 17.6. The summed E-state index contributed by atoms with van der Waals surface area (Å²) in [6, 6.07) is 1.96. The zero-order chi connectivity index (χ0) is 17.5. The van der Waals surface area contributed by atoms with Gasteiger partial charge in [-0.1, -0.05) is 0 Å². The molecule has 3 N–H and O–H groups in total. The Labute approximate surface area is 167 Å². The molecular weight excluding hydrogens is 373 g/mol. The van der Waals surface area contributed by atoms with Gasteiger partial charge in [-0.25, -0.2) is 9.67 Å². The fraction of sp³-hybridized carbons (Fsp3) is 0.611. The van der Waals surface area contributed by atoms with E-state index in [1.807, 2.05) is 17.7 Å². The summed E-state index contributed by atoms with van der Waals surface area (Å²) in [5, 5.41) is 8.51. The van der Waals surface area contributed by atoms with Crippen molar-refractivity contribution in [3.8, 4) is 0 Å². The molecule has 0 spiro atoms. The van der Waals surface area contributed by atoms with Crippen molar-refractivity contribution in [2.75, 3.05) is 13.1 Å². The van der Waals surface area contributed by atoms with Gasteiger partial charge >= 0.3 is 0 Å². The van der Waals surface area contributed by atoms with E-state index in [0.717, 1.165) is 41.7 Å². The standard InChI is InChI=1S/C18H27N5O.2ClH/c1-11-15-13(17(24)20-9-5-8-19)10-14(12-6-7-12)21-16(15)23(22-11)18(2,3)4;;/h10,12H,5-9,19H2,1-4H3,(H,20,24);2*1H. The molecule has 0 bridgehead atoms. The molecule has 0 atom stereocenters. The Morgan fingerprint density at radius 3 is 2.54 bits per heavy atom. The average Bonchev–Trinajstić information content (AvgIpc) is 3.30. The van der Waals surface area contributed by atoms with E-state index in [4.69, 9.17) is 10.7 Å². The van der Waals surface area contributed by atoms with Crippen LogP contribution in [0.5, 0.6) is 0 Å². The molecule has 0 radical (unpaired) electrons. The summed E-state index contributed by atoms with van der Waals surface area (Å²) < 4.78 is 1.94. The van der Waals surface area contributed by atoms with E-state index in [9.17, 15) is 4.79 Å². The molecule has 1 saturated carbocycles. The van der Waals surface area contributed by atoms with E-state index in [1.165, 1.54) is 0 Å². The highest BCUT2D eigenvalue weighted by Crippen LogP contribution is 2.40. The highest BCUT2D eigenvalue weighted by atomic mass is 35.5. The first-order valence-corrected chi connectivity index (χ1v) is 8.72. The van der Waals surface area contributed by atoms with Gasteiger partial charge < -0.3 is 11.1 Å². The van der Waals surface area contributed by atoms with Crippen molar-refractivity contribution in [3.05, 3.63) is 23.0 Å². The Hall–Kier alpha value is -1.37. The Bertz CT molecular complexity index is 778. The third-order valence-corrected chi connectivity index (χ3v) is 4.37. The number of aromatic nitrogens is 3. The normalized spacial score (nSPS) is 13.9. The predicted octanol–water partition coefficient (Wildman–Crippen LogP) is 3.29. The summed E-state index contributed by atoms with van der Waals surface area (Å²) >= 11 is 0. The maximum atomic E-state index is 12.7. The van der Waals surface area contributed by atoms with Crippen LogP contribution in [0, 0.1) is 6.92 Å². The van der Waals surface area contributed by atoms with E-state index in [0.29, 0.717) is 24.6 Å². The largest absolute Gasteiger partial charge is 0.352 e. The third-order valence-electron chi connectivity index (χ3n) is 4.37. The van der Waals surface area contributed by atoms with Gasteiger partial charge in [0.1, 0.15) is 0 Å². The summed E-state index contributed by atoms with van der Waals surface area (Å²) in [7, 11) is 0. The highest BCUT2D eigenvalue weighted by molar-refractivity contribution is 6.06. The molecule has 6 nitrogen and oxygen atoms in total. The third kappa shape index (κ3) is 4.48. The second-order valence-electron chi connectivity index (χ2n) is 7.63. The molecule has 8 heteroatoms. The van der Waals surface area contributed by atoms with Gasteiger partial charge in [-0.05, 0) is 59.6 Å². The van der Waals surface area contributed by atoms with Crippen molar-refractivity contribution >= 4 is 41.8 Å². The van der Waals surface area contributed by atoms with Crippen LogP contribution in [0.2, 0.25) is 0 Å². The molecule has 146 valence electrons. The van der Waals surface area contributed by atoms with Crippen LogP contribution < -0.4 is 11.1 Å². The molecule has 2 heterocycles. The molecule has 26 heavy (non-hydrogen) atoms. The number of hydrogen-bond acceptors (Lipinski definition) is 4. The zero-order valence-corrected chi connectivity index (χ0v) is 17.5. The van der Waals surface area contributed by atoms with Crippen molar-refractivity contribution in [3.63, 3.8) is 0 Å². The highest BCUT2D eigenvalue weighted by Gasteiger charge is 2.30. The van der Waals surface area contributed by atoms with Crippen LogP contribution in [-0.2, 0) is 5.54 Å². The van der Waals surface area contributed by atoms with E-state index in [2.05, 4.69) is 31.2 Å². The minimum Gasteiger partial charge on any atom is -0.352 e. The Kier molecular flexibility index (Phi) is 7.45. The molecule has 1 fully saturated rings. The number of pyridine rings is 1. The fourth-order valence-electron chi connectivity index (χ4n) is 2.94. The maximum absolute atomic E-state index is 12.7. The number of nitrogens with one attached hydrogen (secondary N) is 1. The quantitative estimate of drug-likeness (QED) is 0.752. The number of halogens is 2. The minimum absolute atomic E-state index is 0. The summed E-state index contributed by atoms with van der Waals surface area (Å²) in [6.07, 6.45) is 3.07. The van der Waals surface area contributed by atoms with Crippen molar-refractivity contribution in [2.24, 2.45) is 5.73 Å². The molecule has 0 aromatic carbocycles. The SMILES string of the molecule is Cc1nn(C(C)(C)C)c2nc(C3CC3)cc(C(=O)NCCCN)c12.Cl.Cl. The van der Waals surface area contributed by atoms with Gasteiger partial charge in [0.2, 0.25) is 0 Å². The first-order chi connectivity index (χ1) is 11.3. The van der Waals surface area contributed by atoms with E-state index in [1.54, 1.807) is 0 Å². The zero-order valence-electron chi connectivity index (χ0n) is 15.8. The molecule has 0 unspecified atom stereocenters. The van der Waals surface area contributed by atoms with Crippen LogP contribution in [0.4, 0.5) is 0 Å². The number of carbonyl (C=O) groups excluding carboxylic acids is 1. The molecule has 1 aliphatic carbocycles. The van der Waals surface area contributed by atoms with Crippen LogP contribution >= 0.6 is 24.8 Å². The summed E-state index contributed by atoms with van der Waals surface area (Å²) in [6.45, 7) is 9.41. The molecule has 3 rings (SSSR count). The minimum atomic E-state index is -0.186. The molecule has 2 aromatic rings. The number of nitrogens with two attached hydrogens (primary N) is 1. The predicted molar refractivity (Wildman–Crippen MR) is 110 cm³/mol. The van der Waals surface area contributed by atoms with Gasteiger partial charge in [0, 0.05) is 18.2 Å². The molecule has 1 aliphatic rings. The smallest absolute Gasteiger partial charge is 0.252 e. The topological polar surface area (TPSA) is 85.8 Å². The van der Waals surface area contributed by atoms with Gasteiger partial charge in [0.05, 0.1) is 22.2 Å². The lowest BCUT2D eigenvalue weighted by Gasteiger charge is -2.20. The molecule has 1 amide bonds. The lowest BCUT2D eigenvalue weighted by Crippen LogP contribution is -2.27. The lowest BCUT2D eigenvalue weighted by atomic mass is 10.1. The van der Waals surface area contributed by atoms with Crippen LogP contribution in [-0.4, -0.2) is 33.8 Å². The first-order valence-electron chi connectivity index (χ1n) is 8.72. The van der Waals surface area contributed by atoms with Gasteiger partial charge in [-0.2, -0.15) is 5.10 Å². The molecule has 0 aliphatic heterocycles. The number of hydrogen-bond donors (Lipinski definition) is 2. The average molecular weight is 402 g/mol. The van der Waals surface area contributed by atoms with Crippen molar-refractivity contribution in [2.45, 2.75) is 58.4 Å². The number of amides is 1. The Morgan fingerprint density at radius 2 is 2.00 bits per heavy atom. The fourth-order valence-corrected chi connectivity index (χ4v) is 2.94. The van der Waals surface area contributed by atoms with Gasteiger partial charge in [-0.3, -0.25) is 4.79 Å². The molecule has 2 aromatic heterocycles. The van der Waals surface area contributed by atoms with Crippen molar-refractivity contribution < 1.29 is 4.79 Å². The van der Waals surface area contributed by atoms with E-state index in [-0.39, 0.29) is 36.3 Å². The van der Waals surface area contributed by atoms with Gasteiger partial charge in [0.15, 0.2) is 5.65 Å². The van der Waals surface area contributed by atoms with Crippen LogP contribution in [0.25, 0.3) is 11.0 Å². The van der Waals surface area contributed by atoms with E-state index < -0.39 is 0 Å². The van der Waals surface area contributed by atoms with Gasteiger partial charge in [0.25, 0.3) is 5.91 Å².